The molecule has 2 N–H and O–H groups in total. The van der Waals surface area contributed by atoms with E-state index in [1.807, 2.05) is 69.3 Å². The van der Waals surface area contributed by atoms with Crippen molar-refractivity contribution in [1.82, 2.24) is 5.32 Å². The Balaban J connectivity index is 1.29. The quantitative estimate of drug-likeness (QED) is 0.182. The maximum absolute atomic E-state index is 13.3. The molecule has 1 atom stereocenters. The number of anilines is 2. The summed E-state index contributed by atoms with van der Waals surface area (Å²) in [5.41, 5.74) is 5.31. The number of benzene rings is 4. The number of carbonyl (C=O) groups is 4. The van der Waals surface area contributed by atoms with Crippen LogP contribution in [-0.4, -0.2) is 28.9 Å². The summed E-state index contributed by atoms with van der Waals surface area (Å²) in [7, 11) is 0. The zero-order valence-electron chi connectivity index (χ0n) is 24.1. The highest BCUT2D eigenvalue weighted by Crippen LogP contribution is 2.36. The molecule has 0 spiro atoms. The average molecular weight is 590 g/mol. The van der Waals surface area contributed by atoms with Gasteiger partial charge in [0.15, 0.2) is 0 Å². The molecular formula is C35H31N3O4S. The molecule has 1 saturated heterocycles. The third-order valence-electron chi connectivity index (χ3n) is 7.08. The number of para-hydroxylation sites is 1. The first kappa shape index (κ1) is 29.5. The van der Waals surface area contributed by atoms with Crippen molar-refractivity contribution in [2.24, 2.45) is 0 Å². The van der Waals surface area contributed by atoms with E-state index in [-0.39, 0.29) is 23.9 Å². The molecule has 0 saturated carbocycles. The highest BCUT2D eigenvalue weighted by molar-refractivity contribution is 8.00. The van der Waals surface area contributed by atoms with Crippen LogP contribution in [0.5, 0.6) is 0 Å². The fourth-order valence-corrected chi connectivity index (χ4v) is 5.89. The van der Waals surface area contributed by atoms with Crippen LogP contribution < -0.4 is 15.5 Å². The summed E-state index contributed by atoms with van der Waals surface area (Å²) in [5.74, 6) is -1.32. The summed E-state index contributed by atoms with van der Waals surface area (Å²) in [4.78, 5) is 54.4. The number of carbonyl (C=O) groups excluding carboxylic acids is 4. The van der Waals surface area contributed by atoms with Crippen molar-refractivity contribution in [2.75, 3.05) is 10.2 Å². The van der Waals surface area contributed by atoms with Crippen molar-refractivity contribution >= 4 is 52.8 Å². The summed E-state index contributed by atoms with van der Waals surface area (Å²) in [6, 6.07) is 29.0. The molecule has 5 rings (SSSR count). The Morgan fingerprint density at radius 3 is 2.12 bits per heavy atom. The van der Waals surface area contributed by atoms with E-state index in [0.717, 1.165) is 27.1 Å². The van der Waals surface area contributed by atoms with Crippen LogP contribution in [0.4, 0.5) is 11.4 Å². The highest BCUT2D eigenvalue weighted by Gasteiger charge is 2.41. The molecule has 1 aliphatic heterocycles. The minimum absolute atomic E-state index is 0.0952. The van der Waals surface area contributed by atoms with Crippen LogP contribution in [0.2, 0.25) is 0 Å². The molecule has 0 radical (unpaired) electrons. The van der Waals surface area contributed by atoms with Gasteiger partial charge in [0, 0.05) is 22.6 Å². The van der Waals surface area contributed by atoms with Crippen LogP contribution in [0, 0.1) is 20.8 Å². The van der Waals surface area contributed by atoms with E-state index in [1.54, 1.807) is 54.6 Å². The predicted molar refractivity (Wildman–Crippen MR) is 171 cm³/mol. The first-order valence-corrected chi connectivity index (χ1v) is 14.7. The highest BCUT2D eigenvalue weighted by atomic mass is 32.2. The van der Waals surface area contributed by atoms with Crippen LogP contribution in [0.15, 0.2) is 108 Å². The lowest BCUT2D eigenvalue weighted by molar-refractivity contribution is -0.121. The first-order chi connectivity index (χ1) is 20.7. The zero-order chi connectivity index (χ0) is 30.5. The predicted octanol–water partition coefficient (Wildman–Crippen LogP) is 6.45. The molecular weight excluding hydrogens is 558 g/mol. The van der Waals surface area contributed by atoms with Crippen molar-refractivity contribution in [3.63, 3.8) is 0 Å². The van der Waals surface area contributed by atoms with E-state index in [0.29, 0.717) is 16.9 Å². The van der Waals surface area contributed by atoms with Gasteiger partial charge in [-0.05, 0) is 79.9 Å². The van der Waals surface area contributed by atoms with Gasteiger partial charge < -0.3 is 10.6 Å². The van der Waals surface area contributed by atoms with E-state index >= 15 is 0 Å². The Bertz CT molecular complexity index is 1690. The molecule has 0 aromatic heterocycles. The molecule has 0 aliphatic carbocycles. The third-order valence-corrected chi connectivity index (χ3v) is 8.27. The van der Waals surface area contributed by atoms with E-state index in [1.165, 1.54) is 16.7 Å². The van der Waals surface area contributed by atoms with Gasteiger partial charge in [0.25, 0.3) is 11.8 Å². The summed E-state index contributed by atoms with van der Waals surface area (Å²) < 4.78 is 0. The van der Waals surface area contributed by atoms with Gasteiger partial charge in [-0.3, -0.25) is 19.2 Å². The van der Waals surface area contributed by atoms with E-state index in [4.69, 9.17) is 0 Å². The smallest absolute Gasteiger partial charge is 0.272 e. The first-order valence-electron chi connectivity index (χ1n) is 13.9. The molecule has 8 heteroatoms. The standard InChI is InChI=1S/C35H31N3O4S/c1-22-12-14-25(15-13-22)20-29(37-33(40)26-10-5-4-6-11-26)34(41)36-27-16-18-28(19-17-27)43-30-21-31(39)38(35(30)42)32-23(2)8-7-9-24(32)3/h4-20,30H,21H2,1-3H3,(H,36,41)(H,37,40)/b29-20-. The summed E-state index contributed by atoms with van der Waals surface area (Å²) in [5, 5.41) is 5.05. The molecule has 4 amide bonds. The Labute approximate surface area is 255 Å². The molecule has 43 heavy (non-hydrogen) atoms. The number of nitrogens with one attached hydrogen (secondary N) is 2. The zero-order valence-corrected chi connectivity index (χ0v) is 24.9. The molecule has 1 fully saturated rings. The van der Waals surface area contributed by atoms with Gasteiger partial charge in [0.1, 0.15) is 5.70 Å². The molecule has 4 aromatic rings. The van der Waals surface area contributed by atoms with Gasteiger partial charge in [0.05, 0.1) is 10.9 Å². The SMILES string of the molecule is Cc1ccc(/C=C(\NC(=O)c2ccccc2)C(=O)Nc2ccc(SC3CC(=O)N(c4c(C)cccc4C)C3=O)cc2)cc1. The molecule has 1 unspecified atom stereocenters. The van der Waals surface area contributed by atoms with Crippen LogP contribution in [0.25, 0.3) is 6.08 Å². The minimum atomic E-state index is -0.538. The summed E-state index contributed by atoms with van der Waals surface area (Å²) in [6.45, 7) is 5.76. The normalized spacial score (nSPS) is 15.0. The second-order valence-electron chi connectivity index (χ2n) is 10.4. The number of thioether (sulfide) groups is 1. The summed E-state index contributed by atoms with van der Waals surface area (Å²) in [6.07, 6.45) is 1.74. The number of aryl methyl sites for hydroxylation is 3. The number of imide groups is 1. The van der Waals surface area contributed by atoms with Crippen molar-refractivity contribution in [3.05, 3.63) is 131 Å². The topological polar surface area (TPSA) is 95.6 Å². The van der Waals surface area contributed by atoms with Crippen molar-refractivity contribution in [1.29, 1.82) is 0 Å². The Kier molecular flexibility index (Phi) is 8.87. The Morgan fingerprint density at radius 2 is 1.47 bits per heavy atom. The lowest BCUT2D eigenvalue weighted by Crippen LogP contribution is -2.32. The number of nitrogens with zero attached hydrogens (tertiary/aromatic N) is 1. The van der Waals surface area contributed by atoms with E-state index < -0.39 is 17.1 Å². The van der Waals surface area contributed by atoms with E-state index in [2.05, 4.69) is 10.6 Å². The van der Waals surface area contributed by atoms with Crippen LogP contribution in [0.3, 0.4) is 0 Å². The third kappa shape index (κ3) is 6.93. The maximum Gasteiger partial charge on any atom is 0.272 e. The second kappa shape index (κ2) is 12.9. The van der Waals surface area contributed by atoms with Crippen molar-refractivity contribution in [3.8, 4) is 0 Å². The molecule has 7 nitrogen and oxygen atoms in total. The molecule has 0 bridgehead atoms. The van der Waals surface area contributed by atoms with Crippen LogP contribution >= 0.6 is 11.8 Å². The van der Waals surface area contributed by atoms with Gasteiger partial charge in [-0.15, -0.1) is 11.8 Å². The molecule has 216 valence electrons. The van der Waals surface area contributed by atoms with Crippen LogP contribution in [0.1, 0.15) is 39.0 Å². The van der Waals surface area contributed by atoms with Crippen molar-refractivity contribution in [2.45, 2.75) is 37.3 Å². The van der Waals surface area contributed by atoms with Gasteiger partial charge in [-0.1, -0.05) is 66.2 Å². The largest absolute Gasteiger partial charge is 0.321 e. The lowest BCUT2D eigenvalue weighted by atomic mass is 10.1. The van der Waals surface area contributed by atoms with Gasteiger partial charge in [-0.25, -0.2) is 4.90 Å². The second-order valence-corrected chi connectivity index (χ2v) is 11.7. The fraction of sp³-hybridized carbons (Fsp3) is 0.143. The van der Waals surface area contributed by atoms with Gasteiger partial charge in [0.2, 0.25) is 11.8 Å². The summed E-state index contributed by atoms with van der Waals surface area (Å²) >= 11 is 1.32. The Morgan fingerprint density at radius 1 is 0.814 bits per heavy atom. The molecule has 4 aromatic carbocycles. The van der Waals surface area contributed by atoms with Gasteiger partial charge >= 0.3 is 0 Å². The molecule has 1 aliphatic rings. The maximum atomic E-state index is 13.3. The number of amides is 4. The number of hydrogen-bond donors (Lipinski definition) is 2. The average Bonchev–Trinajstić information content (AvgIpc) is 3.27. The minimum Gasteiger partial charge on any atom is -0.321 e. The van der Waals surface area contributed by atoms with Crippen molar-refractivity contribution < 1.29 is 19.2 Å². The fourth-order valence-electron chi connectivity index (χ4n) is 4.84. The monoisotopic (exact) mass is 589 g/mol. The van der Waals surface area contributed by atoms with Crippen LogP contribution in [-0.2, 0) is 14.4 Å². The number of hydrogen-bond acceptors (Lipinski definition) is 5. The van der Waals surface area contributed by atoms with E-state index in [9.17, 15) is 19.2 Å². The molecule has 1 heterocycles. The Hall–Kier alpha value is -4.95. The number of rotatable bonds is 8. The van der Waals surface area contributed by atoms with Gasteiger partial charge in [-0.2, -0.15) is 0 Å². The lowest BCUT2D eigenvalue weighted by Gasteiger charge is -2.19.